The Balaban J connectivity index is 3.19. The van der Waals surface area contributed by atoms with Crippen molar-refractivity contribution < 1.29 is 9.18 Å². The van der Waals surface area contributed by atoms with E-state index in [1.165, 1.54) is 12.1 Å². The van der Waals surface area contributed by atoms with Crippen LogP contribution in [0.2, 0.25) is 0 Å². The molecule has 0 N–H and O–H groups in total. The summed E-state index contributed by atoms with van der Waals surface area (Å²) in [5, 5.41) is 0. The highest BCUT2D eigenvalue weighted by Crippen LogP contribution is 2.23. The highest BCUT2D eigenvalue weighted by atomic mass is 19.1. The van der Waals surface area contributed by atoms with Gasteiger partial charge >= 0.3 is 0 Å². The second-order valence-corrected chi connectivity index (χ2v) is 4.81. The maximum Gasteiger partial charge on any atom is 0.166 e. The lowest BCUT2D eigenvalue weighted by Crippen LogP contribution is -2.19. The Morgan fingerprint density at radius 1 is 1.12 bits per heavy atom. The van der Waals surface area contributed by atoms with Gasteiger partial charge in [0.05, 0.1) is 0 Å². The van der Waals surface area contributed by atoms with E-state index in [9.17, 15) is 9.18 Å². The van der Waals surface area contributed by atoms with Crippen LogP contribution in [-0.2, 0) is 0 Å². The first-order valence-corrected chi connectivity index (χ1v) is 5.65. The van der Waals surface area contributed by atoms with Gasteiger partial charge < -0.3 is 0 Å². The fourth-order valence-electron chi connectivity index (χ4n) is 1.83. The summed E-state index contributed by atoms with van der Waals surface area (Å²) >= 11 is 0. The predicted molar refractivity (Wildman–Crippen MR) is 64.2 cm³/mol. The minimum atomic E-state index is -0.274. The zero-order chi connectivity index (χ0) is 12.5. The number of Topliss-reactive ketones (excluding diaryl/α,β-unsaturated/α-hetero) is 1. The van der Waals surface area contributed by atoms with Gasteiger partial charge in [-0.25, -0.2) is 4.39 Å². The number of hydrogen-bond donors (Lipinski definition) is 0. The number of halogens is 1. The summed E-state index contributed by atoms with van der Waals surface area (Å²) in [6.45, 7) is 9.55. The van der Waals surface area contributed by atoms with Gasteiger partial charge in [-0.2, -0.15) is 0 Å². The molecule has 0 bridgehead atoms. The number of ketones is 1. The predicted octanol–water partition coefficient (Wildman–Crippen LogP) is 3.92. The largest absolute Gasteiger partial charge is 0.294 e. The van der Waals surface area contributed by atoms with Crippen LogP contribution in [0.1, 0.15) is 42.3 Å². The first-order chi connectivity index (χ1) is 7.34. The van der Waals surface area contributed by atoms with Crippen LogP contribution in [0.25, 0.3) is 0 Å². The van der Waals surface area contributed by atoms with Gasteiger partial charge in [0.15, 0.2) is 5.78 Å². The van der Waals surface area contributed by atoms with E-state index in [4.69, 9.17) is 0 Å². The standard InChI is InChI=1S/C14H19FO/c1-8(2)11(5)14(16)13-9(3)6-12(15)7-10(13)4/h6-8,11H,1-5H3. The molecule has 1 aromatic rings. The third-order valence-corrected chi connectivity index (χ3v) is 3.16. The molecule has 0 aliphatic rings. The summed E-state index contributed by atoms with van der Waals surface area (Å²) in [6.07, 6.45) is 0. The quantitative estimate of drug-likeness (QED) is 0.708. The summed E-state index contributed by atoms with van der Waals surface area (Å²) in [4.78, 5) is 12.2. The Hall–Kier alpha value is -1.18. The zero-order valence-electron chi connectivity index (χ0n) is 10.6. The van der Waals surface area contributed by atoms with Gasteiger partial charge in [0.1, 0.15) is 5.82 Å². The van der Waals surface area contributed by atoms with Crippen LogP contribution in [-0.4, -0.2) is 5.78 Å². The molecular formula is C14H19FO. The molecule has 0 fully saturated rings. The lowest BCUT2D eigenvalue weighted by Gasteiger charge is -2.17. The molecule has 1 rings (SSSR count). The van der Waals surface area contributed by atoms with E-state index < -0.39 is 0 Å². The summed E-state index contributed by atoms with van der Waals surface area (Å²) in [5.41, 5.74) is 2.15. The van der Waals surface area contributed by atoms with Crippen molar-refractivity contribution in [2.24, 2.45) is 11.8 Å². The highest BCUT2D eigenvalue weighted by molar-refractivity contribution is 6.00. The summed E-state index contributed by atoms with van der Waals surface area (Å²) in [5.74, 6) is 0.118. The van der Waals surface area contributed by atoms with Gasteiger partial charge in [-0.05, 0) is 43.0 Å². The maximum absolute atomic E-state index is 13.1. The van der Waals surface area contributed by atoms with Crippen molar-refractivity contribution in [2.45, 2.75) is 34.6 Å². The van der Waals surface area contributed by atoms with Gasteiger partial charge in [-0.15, -0.1) is 0 Å². The number of carbonyl (C=O) groups is 1. The molecule has 1 nitrogen and oxygen atoms in total. The lowest BCUT2D eigenvalue weighted by atomic mass is 9.86. The van der Waals surface area contributed by atoms with Crippen molar-refractivity contribution in [3.63, 3.8) is 0 Å². The Kier molecular flexibility index (Phi) is 3.84. The molecule has 1 aromatic carbocycles. The molecule has 16 heavy (non-hydrogen) atoms. The Morgan fingerprint density at radius 2 is 1.56 bits per heavy atom. The van der Waals surface area contributed by atoms with Crippen molar-refractivity contribution >= 4 is 5.78 Å². The summed E-state index contributed by atoms with van der Waals surface area (Å²) in [7, 11) is 0. The molecule has 0 aliphatic heterocycles. The molecule has 88 valence electrons. The molecule has 0 amide bonds. The van der Waals surface area contributed by atoms with Crippen molar-refractivity contribution in [3.8, 4) is 0 Å². The van der Waals surface area contributed by atoms with Crippen LogP contribution in [0.5, 0.6) is 0 Å². The second-order valence-electron chi connectivity index (χ2n) is 4.81. The SMILES string of the molecule is Cc1cc(F)cc(C)c1C(=O)C(C)C(C)C. The van der Waals surface area contributed by atoms with Crippen LogP contribution in [0, 0.1) is 31.5 Å². The van der Waals surface area contributed by atoms with Gasteiger partial charge in [-0.1, -0.05) is 20.8 Å². The molecular weight excluding hydrogens is 203 g/mol. The molecule has 0 spiro atoms. The van der Waals surface area contributed by atoms with Gasteiger partial charge in [0, 0.05) is 11.5 Å². The molecule has 0 aliphatic carbocycles. The Morgan fingerprint density at radius 3 is 1.94 bits per heavy atom. The zero-order valence-corrected chi connectivity index (χ0v) is 10.6. The van der Waals surface area contributed by atoms with Crippen LogP contribution < -0.4 is 0 Å². The molecule has 0 heterocycles. The fourth-order valence-corrected chi connectivity index (χ4v) is 1.83. The smallest absolute Gasteiger partial charge is 0.166 e. The Labute approximate surface area is 96.7 Å². The molecule has 1 atom stereocenters. The third kappa shape index (κ3) is 2.49. The van der Waals surface area contributed by atoms with Crippen molar-refractivity contribution in [1.82, 2.24) is 0 Å². The van der Waals surface area contributed by atoms with E-state index >= 15 is 0 Å². The summed E-state index contributed by atoms with van der Waals surface area (Å²) in [6, 6.07) is 2.85. The maximum atomic E-state index is 13.1. The molecule has 0 saturated heterocycles. The van der Waals surface area contributed by atoms with E-state index in [0.717, 1.165) is 11.1 Å². The van der Waals surface area contributed by atoms with E-state index in [-0.39, 0.29) is 17.5 Å². The third-order valence-electron chi connectivity index (χ3n) is 3.16. The van der Waals surface area contributed by atoms with Crippen molar-refractivity contribution in [3.05, 3.63) is 34.6 Å². The number of rotatable bonds is 3. The number of hydrogen-bond acceptors (Lipinski definition) is 1. The molecule has 0 aromatic heterocycles. The minimum Gasteiger partial charge on any atom is -0.294 e. The van der Waals surface area contributed by atoms with Crippen LogP contribution in [0.3, 0.4) is 0 Å². The molecule has 0 radical (unpaired) electrons. The number of benzene rings is 1. The number of carbonyl (C=O) groups excluding carboxylic acids is 1. The van der Waals surface area contributed by atoms with Crippen LogP contribution in [0.4, 0.5) is 4.39 Å². The molecule has 2 heteroatoms. The lowest BCUT2D eigenvalue weighted by molar-refractivity contribution is 0.0898. The van der Waals surface area contributed by atoms with E-state index in [1.54, 1.807) is 13.8 Å². The average molecular weight is 222 g/mol. The van der Waals surface area contributed by atoms with E-state index in [2.05, 4.69) is 0 Å². The van der Waals surface area contributed by atoms with Gasteiger partial charge in [0.25, 0.3) is 0 Å². The molecule has 1 unspecified atom stereocenters. The first-order valence-electron chi connectivity index (χ1n) is 5.65. The normalized spacial score (nSPS) is 12.9. The summed E-state index contributed by atoms with van der Waals surface area (Å²) < 4.78 is 13.1. The van der Waals surface area contributed by atoms with E-state index in [1.807, 2.05) is 20.8 Å². The second kappa shape index (κ2) is 4.77. The highest BCUT2D eigenvalue weighted by Gasteiger charge is 2.21. The van der Waals surface area contributed by atoms with E-state index in [0.29, 0.717) is 11.5 Å². The first kappa shape index (κ1) is 12.9. The molecule has 0 saturated carbocycles. The van der Waals surface area contributed by atoms with Gasteiger partial charge in [0.2, 0.25) is 0 Å². The van der Waals surface area contributed by atoms with Gasteiger partial charge in [-0.3, -0.25) is 4.79 Å². The monoisotopic (exact) mass is 222 g/mol. The van der Waals surface area contributed by atoms with Crippen molar-refractivity contribution in [1.29, 1.82) is 0 Å². The minimum absolute atomic E-state index is 0.0251. The van der Waals surface area contributed by atoms with Crippen LogP contribution >= 0.6 is 0 Å². The number of aryl methyl sites for hydroxylation is 2. The fraction of sp³-hybridized carbons (Fsp3) is 0.500. The average Bonchev–Trinajstić information content (AvgIpc) is 2.14. The van der Waals surface area contributed by atoms with Crippen LogP contribution in [0.15, 0.2) is 12.1 Å². The van der Waals surface area contributed by atoms with Crippen molar-refractivity contribution in [2.75, 3.05) is 0 Å². The topological polar surface area (TPSA) is 17.1 Å². The Bertz CT molecular complexity index is 384.